The van der Waals surface area contributed by atoms with Crippen LogP contribution < -0.4 is 0 Å². The predicted octanol–water partition coefficient (Wildman–Crippen LogP) is 7.62. The highest BCUT2D eigenvalue weighted by atomic mass is 79.9. The van der Waals surface area contributed by atoms with Crippen molar-refractivity contribution >= 4 is 25.8 Å². The van der Waals surface area contributed by atoms with E-state index >= 15 is 0 Å². The summed E-state index contributed by atoms with van der Waals surface area (Å²) < 4.78 is 26.6. The van der Waals surface area contributed by atoms with E-state index in [1.54, 1.807) is 12.1 Å². The zero-order chi connectivity index (χ0) is 25.5. The van der Waals surface area contributed by atoms with E-state index in [0.29, 0.717) is 0 Å². The standard InChI is InChI=1S/C29H35BrO3S/c1-19-13-15-22(16-14-19)34(32,33)27(30)25(20-11-9-8-10-12-20)21-17-23(28(2,3)4)26(31)24(18-21)29(5,6)7/h8-18,25,27,31H,1-7H3. The van der Waals surface area contributed by atoms with Crippen molar-refractivity contribution in [3.05, 3.63) is 94.5 Å². The molecule has 34 heavy (non-hydrogen) atoms. The monoisotopic (exact) mass is 542 g/mol. The highest BCUT2D eigenvalue weighted by Gasteiger charge is 2.37. The molecule has 2 atom stereocenters. The fraction of sp³-hybridized carbons (Fsp3) is 0.379. The fourth-order valence-corrected chi connectivity index (χ4v) is 6.88. The Morgan fingerprint density at radius 1 is 0.765 bits per heavy atom. The number of sulfone groups is 1. The first kappa shape index (κ1) is 26.5. The van der Waals surface area contributed by atoms with Crippen LogP contribution in [0.4, 0.5) is 0 Å². The first-order valence-electron chi connectivity index (χ1n) is 11.5. The van der Waals surface area contributed by atoms with Crippen LogP contribution in [0.1, 0.15) is 75.3 Å². The third-order valence-electron chi connectivity index (χ3n) is 6.17. The lowest BCUT2D eigenvalue weighted by Crippen LogP contribution is -2.26. The maximum Gasteiger partial charge on any atom is 0.192 e. The molecule has 3 nitrogen and oxygen atoms in total. The van der Waals surface area contributed by atoms with Crippen LogP contribution in [0, 0.1) is 6.92 Å². The maximum absolute atomic E-state index is 13.8. The zero-order valence-corrected chi connectivity index (χ0v) is 23.5. The number of rotatable bonds is 5. The zero-order valence-electron chi connectivity index (χ0n) is 21.1. The highest BCUT2D eigenvalue weighted by Crippen LogP contribution is 2.45. The van der Waals surface area contributed by atoms with E-state index in [1.165, 1.54) is 0 Å². The van der Waals surface area contributed by atoms with Gasteiger partial charge in [0.15, 0.2) is 9.84 Å². The van der Waals surface area contributed by atoms with E-state index in [0.717, 1.165) is 27.8 Å². The Morgan fingerprint density at radius 2 is 1.24 bits per heavy atom. The maximum atomic E-state index is 13.8. The van der Waals surface area contributed by atoms with E-state index < -0.39 is 19.9 Å². The molecule has 3 aromatic carbocycles. The van der Waals surface area contributed by atoms with Gasteiger partial charge in [0, 0.05) is 5.92 Å². The summed E-state index contributed by atoms with van der Waals surface area (Å²) in [7, 11) is -3.70. The molecular formula is C29H35BrO3S. The van der Waals surface area contributed by atoms with Crippen molar-refractivity contribution in [2.75, 3.05) is 0 Å². The van der Waals surface area contributed by atoms with Crippen molar-refractivity contribution in [1.29, 1.82) is 0 Å². The molecule has 0 heterocycles. The van der Waals surface area contributed by atoms with Crippen LogP contribution >= 0.6 is 15.9 Å². The molecule has 0 spiro atoms. The third kappa shape index (κ3) is 5.41. The summed E-state index contributed by atoms with van der Waals surface area (Å²) in [5.41, 5.74) is 3.74. The quantitative estimate of drug-likeness (QED) is 0.337. The van der Waals surface area contributed by atoms with Crippen molar-refractivity contribution < 1.29 is 13.5 Å². The summed E-state index contributed by atoms with van der Waals surface area (Å²) in [6.07, 6.45) is 0. The SMILES string of the molecule is Cc1ccc(S(=O)(=O)C(Br)C(c2ccccc2)c2cc(C(C)(C)C)c(O)c(C(C)(C)C)c2)cc1. The number of benzene rings is 3. The number of phenolic OH excluding ortho intramolecular Hbond substituents is 1. The molecule has 0 radical (unpaired) electrons. The molecule has 2 unspecified atom stereocenters. The van der Waals surface area contributed by atoms with Crippen LogP contribution in [0.5, 0.6) is 5.75 Å². The van der Waals surface area contributed by atoms with Crippen molar-refractivity contribution in [3.8, 4) is 5.75 Å². The predicted molar refractivity (Wildman–Crippen MR) is 145 cm³/mol. The van der Waals surface area contributed by atoms with Gasteiger partial charge in [-0.2, -0.15) is 0 Å². The van der Waals surface area contributed by atoms with Crippen molar-refractivity contribution in [3.63, 3.8) is 0 Å². The molecule has 0 aliphatic carbocycles. The van der Waals surface area contributed by atoms with Crippen LogP contribution in [0.2, 0.25) is 0 Å². The summed E-state index contributed by atoms with van der Waals surface area (Å²) in [5.74, 6) is -0.196. The van der Waals surface area contributed by atoms with Gasteiger partial charge < -0.3 is 5.11 Å². The van der Waals surface area contributed by atoms with E-state index in [1.807, 2.05) is 61.5 Å². The van der Waals surface area contributed by atoms with E-state index in [-0.39, 0.29) is 21.5 Å². The second-order valence-corrected chi connectivity index (χ2v) is 14.7. The average Bonchev–Trinajstić information content (AvgIpc) is 2.74. The molecule has 0 saturated heterocycles. The molecule has 0 amide bonds. The van der Waals surface area contributed by atoms with Gasteiger partial charge in [-0.1, -0.05) is 118 Å². The molecule has 3 aromatic rings. The van der Waals surface area contributed by atoms with Crippen LogP contribution in [0.25, 0.3) is 0 Å². The lowest BCUT2D eigenvalue weighted by Gasteiger charge is -2.31. The minimum Gasteiger partial charge on any atom is -0.507 e. The van der Waals surface area contributed by atoms with E-state index in [2.05, 4.69) is 57.5 Å². The molecule has 1 N–H and O–H groups in total. The summed E-state index contributed by atoms with van der Waals surface area (Å²) in [5, 5.41) is 11.2. The Labute approximate surface area is 213 Å². The molecule has 0 aliphatic rings. The Bertz CT molecular complexity index is 1210. The summed E-state index contributed by atoms with van der Waals surface area (Å²) >= 11 is 3.61. The molecule has 0 aliphatic heterocycles. The van der Waals surface area contributed by atoms with Gasteiger partial charge in [0.05, 0.1) is 4.90 Å². The third-order valence-corrected chi connectivity index (χ3v) is 9.97. The van der Waals surface area contributed by atoms with Crippen LogP contribution in [-0.4, -0.2) is 17.7 Å². The van der Waals surface area contributed by atoms with Crippen LogP contribution in [0.3, 0.4) is 0 Å². The van der Waals surface area contributed by atoms with Gasteiger partial charge in [0.25, 0.3) is 0 Å². The Hall–Kier alpha value is -2.11. The summed E-state index contributed by atoms with van der Waals surface area (Å²) in [6.45, 7) is 14.3. The lowest BCUT2D eigenvalue weighted by atomic mass is 9.76. The number of hydrogen-bond acceptors (Lipinski definition) is 3. The average molecular weight is 544 g/mol. The smallest absolute Gasteiger partial charge is 0.192 e. The van der Waals surface area contributed by atoms with Gasteiger partial charge in [-0.3, -0.25) is 0 Å². The summed E-state index contributed by atoms with van der Waals surface area (Å²) in [6, 6.07) is 20.6. The summed E-state index contributed by atoms with van der Waals surface area (Å²) in [4.78, 5) is 0.284. The minimum atomic E-state index is -3.70. The molecular weight excluding hydrogens is 508 g/mol. The number of halogens is 1. The fourth-order valence-electron chi connectivity index (χ4n) is 4.17. The number of aromatic hydroxyl groups is 1. The van der Waals surface area contributed by atoms with E-state index in [9.17, 15) is 13.5 Å². The number of hydrogen-bond donors (Lipinski definition) is 1. The van der Waals surface area contributed by atoms with Crippen molar-refractivity contribution in [2.45, 2.75) is 74.3 Å². The molecule has 5 heteroatoms. The largest absolute Gasteiger partial charge is 0.507 e. The number of aryl methyl sites for hydroxylation is 1. The van der Waals surface area contributed by atoms with Gasteiger partial charge in [-0.15, -0.1) is 0 Å². The molecule has 0 fully saturated rings. The van der Waals surface area contributed by atoms with Crippen LogP contribution in [0.15, 0.2) is 71.6 Å². The van der Waals surface area contributed by atoms with Crippen molar-refractivity contribution in [1.82, 2.24) is 0 Å². The van der Waals surface area contributed by atoms with Crippen molar-refractivity contribution in [2.24, 2.45) is 0 Å². The van der Waals surface area contributed by atoms with Gasteiger partial charge in [0.2, 0.25) is 0 Å². The normalized spacial score (nSPS) is 14.6. The molecule has 3 rings (SSSR count). The molecule has 0 aromatic heterocycles. The molecule has 0 bridgehead atoms. The number of phenols is 1. The second-order valence-electron chi connectivity index (χ2n) is 11.1. The first-order chi connectivity index (χ1) is 15.6. The molecule has 182 valence electrons. The van der Waals surface area contributed by atoms with E-state index in [4.69, 9.17) is 0 Å². The number of alkyl halides is 1. The molecule has 0 saturated carbocycles. The van der Waals surface area contributed by atoms with Gasteiger partial charge in [0.1, 0.15) is 9.91 Å². The Kier molecular flexibility index (Phi) is 7.40. The lowest BCUT2D eigenvalue weighted by molar-refractivity contribution is 0.422. The Balaban J connectivity index is 2.30. The topological polar surface area (TPSA) is 54.4 Å². The van der Waals surface area contributed by atoms with Gasteiger partial charge >= 0.3 is 0 Å². The van der Waals surface area contributed by atoms with Gasteiger partial charge in [-0.25, -0.2) is 8.42 Å². The van der Waals surface area contributed by atoms with Gasteiger partial charge in [-0.05, 0) is 52.1 Å². The van der Waals surface area contributed by atoms with Crippen LogP contribution in [-0.2, 0) is 20.7 Å². The minimum absolute atomic E-state index is 0.281. The first-order valence-corrected chi connectivity index (χ1v) is 14.0. The highest BCUT2D eigenvalue weighted by molar-refractivity contribution is 9.11. The second kappa shape index (κ2) is 9.50. The Morgan fingerprint density at radius 3 is 1.68 bits per heavy atom.